The summed E-state index contributed by atoms with van der Waals surface area (Å²) in [5.74, 6) is 0.962. The second-order valence-corrected chi connectivity index (χ2v) is 6.99. The minimum absolute atomic E-state index is 0.0609. The number of pyridine rings is 1. The van der Waals surface area contributed by atoms with Crippen LogP contribution < -0.4 is 15.8 Å². The highest BCUT2D eigenvalue weighted by atomic mass is 16.5. The van der Waals surface area contributed by atoms with Crippen LogP contribution in [0.25, 0.3) is 22.3 Å². The zero-order valence-electron chi connectivity index (χ0n) is 15.3. The molecule has 0 saturated heterocycles. The smallest absolute Gasteiger partial charge is 0.232 e. The molecule has 1 aliphatic carbocycles. The number of H-pyrrole nitrogens is 1. The average Bonchev–Trinajstić information content (AvgIpc) is 3.27. The van der Waals surface area contributed by atoms with Gasteiger partial charge in [0.05, 0.1) is 23.0 Å². The van der Waals surface area contributed by atoms with E-state index >= 15 is 0 Å². The molecule has 4 aromatic heterocycles. The van der Waals surface area contributed by atoms with Crippen LogP contribution >= 0.6 is 0 Å². The van der Waals surface area contributed by atoms with Crippen LogP contribution in [0.1, 0.15) is 12.8 Å². The number of rotatable bonds is 5. The number of nitrogens with one attached hydrogen (secondary N) is 2. The number of aromatic nitrogens is 6. The highest BCUT2D eigenvalue weighted by Crippen LogP contribution is 2.36. The molecular formula is C19H20N8O. The number of hydrogen-bond donors (Lipinski definition) is 3. The number of nitrogens with two attached hydrogens (primary N) is 1. The van der Waals surface area contributed by atoms with Crippen molar-refractivity contribution < 1.29 is 4.74 Å². The number of hydrogen-bond acceptors (Lipinski definition) is 7. The minimum Gasteiger partial charge on any atom is -0.474 e. The van der Waals surface area contributed by atoms with Crippen molar-refractivity contribution >= 4 is 22.7 Å². The van der Waals surface area contributed by atoms with Crippen LogP contribution in [0, 0.1) is 0 Å². The largest absolute Gasteiger partial charge is 0.474 e. The van der Waals surface area contributed by atoms with Crippen molar-refractivity contribution in [3.05, 3.63) is 43.0 Å². The maximum absolute atomic E-state index is 6.20. The van der Waals surface area contributed by atoms with Gasteiger partial charge in [-0.3, -0.25) is 9.67 Å². The summed E-state index contributed by atoms with van der Waals surface area (Å²) >= 11 is 0. The second-order valence-electron chi connectivity index (χ2n) is 6.99. The van der Waals surface area contributed by atoms with E-state index < -0.39 is 0 Å². The molecule has 0 radical (unpaired) electrons. The van der Waals surface area contributed by atoms with Gasteiger partial charge in [-0.25, -0.2) is 0 Å². The Hall–Kier alpha value is -3.46. The van der Waals surface area contributed by atoms with E-state index in [1.807, 2.05) is 37.6 Å². The molecule has 0 aliphatic heterocycles. The van der Waals surface area contributed by atoms with Gasteiger partial charge >= 0.3 is 0 Å². The van der Waals surface area contributed by atoms with Crippen LogP contribution in [0.4, 0.5) is 11.6 Å². The Morgan fingerprint density at radius 3 is 2.89 bits per heavy atom. The van der Waals surface area contributed by atoms with Crippen LogP contribution in [0.15, 0.2) is 43.0 Å². The first-order valence-corrected chi connectivity index (χ1v) is 9.14. The standard InChI is InChI=1S/C19H20N8O/c1-27-10-12(8-23-27)24-19-25-17-16(18(26-19)28-13-6-11(20)7-13)14(9-22-17)15-4-2-3-5-21-15/h2-5,8-11,13H,6-7,20H2,1H3,(H2,22,24,25,26)/t11-,13-. The molecule has 0 bridgehead atoms. The highest BCUT2D eigenvalue weighted by molar-refractivity contribution is 5.97. The van der Waals surface area contributed by atoms with Crippen molar-refractivity contribution in [3.8, 4) is 17.1 Å². The summed E-state index contributed by atoms with van der Waals surface area (Å²) in [5, 5.41) is 8.15. The average molecular weight is 376 g/mol. The van der Waals surface area contributed by atoms with Crippen molar-refractivity contribution in [1.29, 1.82) is 0 Å². The SMILES string of the molecule is Cn1cc(Nc2nc(O[C@H]3C[C@H](N)C3)c3c(-c4ccccn4)c[nH]c3n2)cn1. The van der Waals surface area contributed by atoms with E-state index in [1.165, 1.54) is 0 Å². The van der Waals surface area contributed by atoms with Crippen LogP contribution in [-0.4, -0.2) is 41.9 Å². The Bertz CT molecular complexity index is 1110. The molecule has 142 valence electrons. The van der Waals surface area contributed by atoms with E-state index in [4.69, 9.17) is 10.5 Å². The van der Waals surface area contributed by atoms with Crippen molar-refractivity contribution in [3.63, 3.8) is 0 Å². The lowest BCUT2D eigenvalue weighted by Crippen LogP contribution is -2.43. The van der Waals surface area contributed by atoms with E-state index in [2.05, 4.69) is 30.4 Å². The monoisotopic (exact) mass is 376 g/mol. The fourth-order valence-corrected chi connectivity index (χ4v) is 3.34. The molecule has 0 atom stereocenters. The summed E-state index contributed by atoms with van der Waals surface area (Å²) in [4.78, 5) is 16.9. The summed E-state index contributed by atoms with van der Waals surface area (Å²) in [5.41, 5.74) is 9.14. The maximum Gasteiger partial charge on any atom is 0.232 e. The van der Waals surface area contributed by atoms with Gasteiger partial charge in [0.15, 0.2) is 0 Å². The van der Waals surface area contributed by atoms with Gasteiger partial charge in [0, 0.05) is 37.2 Å². The molecule has 5 rings (SSSR count). The van der Waals surface area contributed by atoms with Gasteiger partial charge in [-0.2, -0.15) is 15.1 Å². The number of ether oxygens (including phenoxy) is 1. The van der Waals surface area contributed by atoms with Crippen LogP contribution in [0.5, 0.6) is 5.88 Å². The minimum atomic E-state index is 0.0609. The molecule has 4 N–H and O–H groups in total. The number of anilines is 2. The Kier molecular flexibility index (Phi) is 3.94. The van der Waals surface area contributed by atoms with Gasteiger partial charge in [0.25, 0.3) is 0 Å². The molecule has 0 unspecified atom stereocenters. The number of fused-ring (bicyclic) bond motifs is 1. The van der Waals surface area contributed by atoms with E-state index in [0.29, 0.717) is 17.5 Å². The molecule has 0 aromatic carbocycles. The predicted octanol–water partition coefficient (Wildman–Crippen LogP) is 2.37. The molecule has 1 fully saturated rings. The third-order valence-electron chi connectivity index (χ3n) is 4.81. The Labute approximate surface area is 161 Å². The molecule has 1 saturated carbocycles. The molecule has 9 nitrogen and oxygen atoms in total. The Balaban J connectivity index is 1.58. The number of aromatic amines is 1. The summed E-state index contributed by atoms with van der Waals surface area (Å²) in [6, 6.07) is 5.98. The van der Waals surface area contributed by atoms with Gasteiger partial charge in [-0.05, 0) is 25.0 Å². The van der Waals surface area contributed by atoms with Crippen molar-refractivity contribution in [2.75, 3.05) is 5.32 Å². The second kappa shape index (κ2) is 6.61. The number of aryl methyl sites for hydroxylation is 1. The lowest BCUT2D eigenvalue weighted by Gasteiger charge is -2.32. The zero-order chi connectivity index (χ0) is 19.1. The fraction of sp³-hybridized carbons (Fsp3) is 0.263. The van der Waals surface area contributed by atoms with Crippen LogP contribution in [0.3, 0.4) is 0 Å². The zero-order valence-corrected chi connectivity index (χ0v) is 15.3. The summed E-state index contributed by atoms with van der Waals surface area (Å²) in [6.45, 7) is 0. The van der Waals surface area contributed by atoms with Gasteiger partial charge < -0.3 is 20.8 Å². The normalized spacial score (nSPS) is 18.8. The fourth-order valence-electron chi connectivity index (χ4n) is 3.34. The van der Waals surface area contributed by atoms with Gasteiger partial charge in [0.1, 0.15) is 11.8 Å². The molecule has 0 spiro atoms. The van der Waals surface area contributed by atoms with Crippen molar-refractivity contribution in [2.45, 2.75) is 25.0 Å². The Morgan fingerprint density at radius 2 is 2.18 bits per heavy atom. The summed E-state index contributed by atoms with van der Waals surface area (Å²) < 4.78 is 7.91. The van der Waals surface area contributed by atoms with E-state index in [0.717, 1.165) is 35.2 Å². The lowest BCUT2D eigenvalue weighted by atomic mass is 9.90. The van der Waals surface area contributed by atoms with Gasteiger partial charge in [-0.1, -0.05) is 6.07 Å². The van der Waals surface area contributed by atoms with Crippen LogP contribution in [0.2, 0.25) is 0 Å². The summed E-state index contributed by atoms with van der Waals surface area (Å²) in [6.07, 6.45) is 8.92. The topological polar surface area (TPSA) is 120 Å². The van der Waals surface area contributed by atoms with Gasteiger partial charge in [0.2, 0.25) is 11.8 Å². The molecule has 0 amide bonds. The first kappa shape index (κ1) is 16.7. The summed E-state index contributed by atoms with van der Waals surface area (Å²) in [7, 11) is 1.85. The van der Waals surface area contributed by atoms with Crippen LogP contribution in [-0.2, 0) is 7.05 Å². The third-order valence-corrected chi connectivity index (χ3v) is 4.81. The molecule has 28 heavy (non-hydrogen) atoms. The lowest BCUT2D eigenvalue weighted by molar-refractivity contribution is 0.0978. The maximum atomic E-state index is 6.20. The molecule has 4 heterocycles. The van der Waals surface area contributed by atoms with E-state index in [1.54, 1.807) is 17.1 Å². The number of nitrogens with zero attached hydrogens (tertiary/aromatic N) is 5. The molecule has 9 heteroatoms. The highest BCUT2D eigenvalue weighted by Gasteiger charge is 2.29. The Morgan fingerprint density at radius 1 is 1.29 bits per heavy atom. The molecule has 1 aliphatic rings. The van der Waals surface area contributed by atoms with Crippen molar-refractivity contribution in [2.24, 2.45) is 12.8 Å². The van der Waals surface area contributed by atoms with Gasteiger partial charge in [-0.15, -0.1) is 0 Å². The first-order valence-electron chi connectivity index (χ1n) is 9.14. The quantitative estimate of drug-likeness (QED) is 0.489. The third kappa shape index (κ3) is 3.05. The predicted molar refractivity (Wildman–Crippen MR) is 105 cm³/mol. The van der Waals surface area contributed by atoms with E-state index in [9.17, 15) is 0 Å². The van der Waals surface area contributed by atoms with E-state index in [-0.39, 0.29) is 12.1 Å². The van der Waals surface area contributed by atoms with Crippen molar-refractivity contribution in [1.82, 2.24) is 29.7 Å². The molecular weight excluding hydrogens is 356 g/mol. The first-order chi connectivity index (χ1) is 13.7. The molecule has 4 aromatic rings.